The number of nitrogens with two attached hydrogens (primary N) is 1. The summed E-state index contributed by atoms with van der Waals surface area (Å²) in [6, 6.07) is 11.3. The van der Waals surface area contributed by atoms with Crippen LogP contribution >= 0.6 is 0 Å². The number of fused-ring (bicyclic) bond motifs is 7. The summed E-state index contributed by atoms with van der Waals surface area (Å²) in [5.41, 5.74) is 6.13. The molecule has 0 bridgehead atoms. The van der Waals surface area contributed by atoms with Crippen LogP contribution in [-0.4, -0.2) is 46.2 Å². The predicted molar refractivity (Wildman–Crippen MR) is 149 cm³/mol. The van der Waals surface area contributed by atoms with Crippen LogP contribution in [0.25, 0.3) is 0 Å². The molecule has 4 N–H and O–H groups in total. The molecule has 0 amide bonds. The van der Waals surface area contributed by atoms with E-state index in [1.165, 1.54) is 0 Å². The van der Waals surface area contributed by atoms with Crippen LogP contribution in [0.4, 0.5) is 5.69 Å². The highest BCUT2D eigenvalue weighted by Gasteiger charge is 2.76. The van der Waals surface area contributed by atoms with Gasteiger partial charge in [-0.3, -0.25) is 9.59 Å². The Morgan fingerprint density at radius 1 is 1.20 bits per heavy atom. The fraction of sp³-hybridized carbons (Fsp3) is 0.515. The van der Waals surface area contributed by atoms with E-state index in [0.29, 0.717) is 30.7 Å². The normalized spacial score (nSPS) is 40.9. The molecule has 41 heavy (non-hydrogen) atoms. The minimum Gasteiger partial charge on any atom is -0.460 e. The van der Waals surface area contributed by atoms with E-state index < -0.39 is 47.3 Å². The molecular weight excluding hydrogens is 522 g/mol. The fourth-order valence-electron chi connectivity index (χ4n) is 9.33. The minimum absolute atomic E-state index is 0.00391. The summed E-state index contributed by atoms with van der Waals surface area (Å²) in [5, 5.41) is 22.0. The lowest BCUT2D eigenvalue weighted by atomic mass is 9.46. The number of aliphatic hydroxyl groups excluding tert-OH is 2. The Balaban J connectivity index is 1.19. The second kappa shape index (κ2) is 9.23. The lowest BCUT2D eigenvalue weighted by Crippen LogP contribution is -2.63. The van der Waals surface area contributed by atoms with Gasteiger partial charge in [0.1, 0.15) is 12.4 Å². The quantitative estimate of drug-likeness (QED) is 0.468. The van der Waals surface area contributed by atoms with Gasteiger partial charge in [-0.25, -0.2) is 0 Å². The van der Waals surface area contributed by atoms with Crippen molar-refractivity contribution in [3.63, 3.8) is 0 Å². The number of ether oxygens (including phenoxy) is 2. The van der Waals surface area contributed by atoms with Crippen LogP contribution in [0.15, 0.2) is 64.6 Å². The number of hydrogen-bond acceptors (Lipinski definition) is 8. The number of hydrogen-bond donors (Lipinski definition) is 3. The van der Waals surface area contributed by atoms with Gasteiger partial charge in [-0.15, -0.1) is 0 Å². The van der Waals surface area contributed by atoms with E-state index in [0.717, 1.165) is 29.7 Å². The molecule has 0 radical (unpaired) electrons. The highest BCUT2D eigenvalue weighted by Crippen LogP contribution is 2.70. The molecule has 1 aromatic heterocycles. The Morgan fingerprint density at radius 2 is 2.02 bits per heavy atom. The van der Waals surface area contributed by atoms with Crippen molar-refractivity contribution in [1.82, 2.24) is 0 Å². The van der Waals surface area contributed by atoms with Crippen molar-refractivity contribution in [3.8, 4) is 0 Å². The Bertz CT molecular complexity index is 1480. The Kier molecular flexibility index (Phi) is 6.04. The zero-order valence-electron chi connectivity index (χ0n) is 23.4. The van der Waals surface area contributed by atoms with Gasteiger partial charge in [-0.05, 0) is 79.5 Å². The number of carbonyl (C=O) groups is 2. The van der Waals surface area contributed by atoms with Crippen molar-refractivity contribution in [1.29, 1.82) is 0 Å². The summed E-state index contributed by atoms with van der Waals surface area (Å²) in [6.07, 6.45) is 6.18. The SMILES string of the molecule is C[C@]12C=CC(=O)C=C1CC[C@@H]1[C@@H]2[C@@H](O)C[C@@]2(C)[C@H]1C[C@H]1O[C@@H](c3ccc(Cc4cccc(N)c4)o3)O[C@]12C(=O)CO. The number of rotatable bonds is 5. The van der Waals surface area contributed by atoms with Crippen LogP contribution in [-0.2, 0) is 25.5 Å². The van der Waals surface area contributed by atoms with Crippen molar-refractivity contribution in [2.24, 2.45) is 28.6 Å². The first-order chi connectivity index (χ1) is 19.6. The van der Waals surface area contributed by atoms with E-state index in [1.54, 1.807) is 12.2 Å². The van der Waals surface area contributed by atoms with Crippen LogP contribution in [0.5, 0.6) is 0 Å². The van der Waals surface area contributed by atoms with Crippen molar-refractivity contribution >= 4 is 17.3 Å². The lowest BCUT2D eigenvalue weighted by Gasteiger charge is -2.59. The van der Waals surface area contributed by atoms with Crippen molar-refractivity contribution in [3.05, 3.63) is 77.3 Å². The van der Waals surface area contributed by atoms with E-state index in [2.05, 4.69) is 6.92 Å². The highest BCUT2D eigenvalue weighted by atomic mass is 16.8. The zero-order chi connectivity index (χ0) is 28.7. The number of nitrogen functional groups attached to an aromatic ring is 1. The van der Waals surface area contributed by atoms with Gasteiger partial charge in [-0.2, -0.15) is 0 Å². The number of carbonyl (C=O) groups excluding carboxylic acids is 2. The van der Waals surface area contributed by atoms with Gasteiger partial charge >= 0.3 is 0 Å². The summed E-state index contributed by atoms with van der Waals surface area (Å²) in [7, 11) is 0. The molecule has 1 aromatic carbocycles. The zero-order valence-corrected chi connectivity index (χ0v) is 23.4. The van der Waals surface area contributed by atoms with Gasteiger partial charge < -0.3 is 29.8 Å². The Hall–Kier alpha value is -3.04. The van der Waals surface area contributed by atoms with Crippen molar-refractivity contribution in [2.75, 3.05) is 12.3 Å². The molecule has 5 aliphatic rings. The molecular formula is C33H37NO7. The molecule has 2 heterocycles. The second-order valence-corrected chi connectivity index (χ2v) is 13.1. The molecule has 8 heteroatoms. The molecule has 8 nitrogen and oxygen atoms in total. The van der Waals surface area contributed by atoms with Crippen LogP contribution in [0.2, 0.25) is 0 Å². The average molecular weight is 560 g/mol. The summed E-state index contributed by atoms with van der Waals surface area (Å²) in [4.78, 5) is 25.8. The topological polar surface area (TPSA) is 132 Å². The van der Waals surface area contributed by atoms with E-state index in [1.807, 2.05) is 49.4 Å². The molecule has 2 aromatic rings. The summed E-state index contributed by atoms with van der Waals surface area (Å²) < 4.78 is 19.2. The fourth-order valence-corrected chi connectivity index (χ4v) is 9.33. The molecule has 216 valence electrons. The third kappa shape index (κ3) is 3.74. The minimum atomic E-state index is -1.40. The van der Waals surface area contributed by atoms with Crippen LogP contribution < -0.4 is 5.73 Å². The maximum Gasteiger partial charge on any atom is 0.218 e. The first-order valence-electron chi connectivity index (χ1n) is 14.6. The number of allylic oxidation sites excluding steroid dienone is 4. The van der Waals surface area contributed by atoms with E-state index in [9.17, 15) is 19.8 Å². The van der Waals surface area contributed by atoms with Crippen LogP contribution in [0.1, 0.15) is 62.9 Å². The van der Waals surface area contributed by atoms with Gasteiger partial charge in [0.2, 0.25) is 6.29 Å². The van der Waals surface area contributed by atoms with Crippen molar-refractivity contribution in [2.45, 2.75) is 70.1 Å². The summed E-state index contributed by atoms with van der Waals surface area (Å²) in [6.45, 7) is 3.47. The smallest absolute Gasteiger partial charge is 0.218 e. The van der Waals surface area contributed by atoms with Gasteiger partial charge in [0.05, 0.1) is 12.2 Å². The average Bonchev–Trinajstić information content (AvgIpc) is 3.61. The van der Waals surface area contributed by atoms with Gasteiger partial charge in [0, 0.05) is 28.9 Å². The van der Waals surface area contributed by atoms with E-state index in [-0.39, 0.29) is 23.5 Å². The maximum absolute atomic E-state index is 13.7. The molecule has 4 fully saturated rings. The number of Topliss-reactive ketones (excluding diaryl/α,β-unsaturated/α-hetero) is 1. The largest absolute Gasteiger partial charge is 0.460 e. The molecule has 0 spiro atoms. The molecule has 0 unspecified atom stereocenters. The summed E-state index contributed by atoms with van der Waals surface area (Å²) in [5.74, 6) is 0.828. The molecule has 3 saturated carbocycles. The highest BCUT2D eigenvalue weighted by molar-refractivity contribution is 6.01. The Labute approximate surface area is 239 Å². The number of ketones is 2. The molecule has 1 saturated heterocycles. The number of benzene rings is 1. The number of furan rings is 1. The van der Waals surface area contributed by atoms with E-state index >= 15 is 0 Å². The third-order valence-electron chi connectivity index (χ3n) is 11.0. The molecule has 4 aliphatic carbocycles. The van der Waals surface area contributed by atoms with Crippen LogP contribution in [0.3, 0.4) is 0 Å². The predicted octanol–water partition coefficient (Wildman–Crippen LogP) is 4.06. The van der Waals surface area contributed by atoms with Crippen LogP contribution in [0, 0.1) is 28.6 Å². The first-order valence-corrected chi connectivity index (χ1v) is 14.6. The van der Waals surface area contributed by atoms with Gasteiger partial charge in [0.15, 0.2) is 22.9 Å². The Morgan fingerprint density at radius 3 is 2.80 bits per heavy atom. The molecule has 9 atom stereocenters. The molecule has 1 aliphatic heterocycles. The van der Waals surface area contributed by atoms with Crippen molar-refractivity contribution < 1.29 is 33.7 Å². The van der Waals surface area contributed by atoms with Gasteiger partial charge in [-0.1, -0.05) is 37.6 Å². The maximum atomic E-state index is 13.7. The lowest BCUT2D eigenvalue weighted by molar-refractivity contribution is -0.203. The number of aliphatic hydroxyl groups is 2. The summed E-state index contributed by atoms with van der Waals surface area (Å²) >= 11 is 0. The number of anilines is 1. The first kappa shape index (κ1) is 26.8. The molecule has 7 rings (SSSR count). The van der Waals surface area contributed by atoms with E-state index in [4.69, 9.17) is 19.6 Å². The third-order valence-corrected chi connectivity index (χ3v) is 11.0. The monoisotopic (exact) mass is 559 g/mol. The standard InChI is InChI=1S/C33H37NO7/c1-31-11-10-21(36)14-19(31)6-8-23-24-15-28-33(27(38)17-35,32(24,2)16-25(37)29(23)31)41-30(40-28)26-9-7-22(39-26)13-18-4-3-5-20(34)12-18/h3-5,7,9-12,14,23-25,28-30,35,37H,6,8,13,15-17,34H2,1-2H3/t23-,24-,25-,28+,29+,30+,31-,32-,33+/m0/s1. The van der Waals surface area contributed by atoms with Gasteiger partial charge in [0.25, 0.3) is 0 Å². The second-order valence-electron chi connectivity index (χ2n) is 13.1.